The number of hydrogen-bond acceptors (Lipinski definition) is 4. The highest BCUT2D eigenvalue weighted by Gasteiger charge is 2.19. The Hall–Kier alpha value is -2.37. The fourth-order valence-electron chi connectivity index (χ4n) is 1.77. The fourth-order valence-corrected chi connectivity index (χ4v) is 1.77. The summed E-state index contributed by atoms with van der Waals surface area (Å²) in [6, 6.07) is 8.65. The van der Waals surface area contributed by atoms with Crippen LogP contribution in [0.3, 0.4) is 0 Å². The van der Waals surface area contributed by atoms with E-state index in [-0.39, 0.29) is 30.9 Å². The number of benzene rings is 1. The predicted octanol–water partition coefficient (Wildman–Crippen LogP) is 0.684. The Labute approximate surface area is 124 Å². The highest BCUT2D eigenvalue weighted by atomic mass is 16.5. The molecule has 0 aliphatic rings. The number of amides is 2. The van der Waals surface area contributed by atoms with Crippen molar-refractivity contribution in [1.82, 2.24) is 10.2 Å². The Bertz CT molecular complexity index is 502. The van der Waals surface area contributed by atoms with E-state index in [2.05, 4.69) is 10.1 Å². The van der Waals surface area contributed by atoms with Crippen LogP contribution in [0.15, 0.2) is 30.3 Å². The van der Waals surface area contributed by atoms with Crippen molar-refractivity contribution >= 4 is 17.8 Å². The van der Waals surface area contributed by atoms with E-state index >= 15 is 0 Å². The molecule has 0 bridgehead atoms. The number of nitrogens with one attached hydrogen (secondary N) is 1. The van der Waals surface area contributed by atoms with Gasteiger partial charge in [0.2, 0.25) is 5.91 Å². The third-order valence-corrected chi connectivity index (χ3v) is 3.01. The van der Waals surface area contributed by atoms with Gasteiger partial charge in [-0.25, -0.2) is 0 Å². The fraction of sp³-hybridized carbons (Fsp3) is 0.400. The van der Waals surface area contributed by atoms with Gasteiger partial charge in [0, 0.05) is 19.2 Å². The van der Waals surface area contributed by atoms with E-state index in [0.29, 0.717) is 5.56 Å². The zero-order chi connectivity index (χ0) is 15.8. The molecule has 6 nitrogen and oxygen atoms in total. The van der Waals surface area contributed by atoms with E-state index in [9.17, 15) is 14.4 Å². The highest BCUT2D eigenvalue weighted by Crippen LogP contribution is 2.01. The molecule has 0 saturated heterocycles. The molecule has 0 aliphatic heterocycles. The summed E-state index contributed by atoms with van der Waals surface area (Å²) < 4.78 is 4.60. The number of carbonyl (C=O) groups excluding carboxylic acids is 3. The monoisotopic (exact) mass is 292 g/mol. The van der Waals surface area contributed by atoms with Crippen molar-refractivity contribution in [3.63, 3.8) is 0 Å². The summed E-state index contributed by atoms with van der Waals surface area (Å²) in [4.78, 5) is 36.4. The molecule has 0 aromatic heterocycles. The van der Waals surface area contributed by atoms with Gasteiger partial charge in [-0.1, -0.05) is 25.1 Å². The average Bonchev–Trinajstić information content (AvgIpc) is 2.51. The normalized spacial score (nSPS) is 11.4. The number of hydrogen-bond donors (Lipinski definition) is 1. The van der Waals surface area contributed by atoms with Crippen molar-refractivity contribution in [2.45, 2.75) is 6.92 Å². The maximum atomic E-state index is 11.9. The molecule has 2 amide bonds. The maximum absolute atomic E-state index is 11.9. The first kappa shape index (κ1) is 16.7. The lowest BCUT2D eigenvalue weighted by atomic mass is 10.2. The molecule has 1 N–H and O–H groups in total. The lowest BCUT2D eigenvalue weighted by molar-refractivity contribution is -0.146. The SMILES string of the molecule is COC(=O)C(C)CN(C)C(=O)CNC(=O)c1ccccc1. The van der Waals surface area contributed by atoms with Gasteiger partial charge < -0.3 is 15.0 Å². The van der Waals surface area contributed by atoms with Crippen molar-refractivity contribution in [3.8, 4) is 0 Å². The van der Waals surface area contributed by atoms with Crippen LogP contribution in [0.25, 0.3) is 0 Å². The van der Waals surface area contributed by atoms with Gasteiger partial charge in [-0.2, -0.15) is 0 Å². The molecule has 1 rings (SSSR count). The maximum Gasteiger partial charge on any atom is 0.310 e. The van der Waals surface area contributed by atoms with Crippen molar-refractivity contribution in [2.24, 2.45) is 5.92 Å². The minimum atomic E-state index is -0.409. The molecule has 0 spiro atoms. The minimum Gasteiger partial charge on any atom is -0.469 e. The summed E-state index contributed by atoms with van der Waals surface area (Å²) in [6.45, 7) is 1.81. The zero-order valence-electron chi connectivity index (χ0n) is 12.5. The Balaban J connectivity index is 2.43. The summed E-state index contributed by atoms with van der Waals surface area (Å²) >= 11 is 0. The first-order valence-corrected chi connectivity index (χ1v) is 6.60. The largest absolute Gasteiger partial charge is 0.469 e. The zero-order valence-corrected chi connectivity index (χ0v) is 12.5. The second kappa shape index (κ2) is 8.04. The second-order valence-electron chi connectivity index (χ2n) is 4.75. The molecule has 1 atom stereocenters. The molecular formula is C15H20N2O4. The van der Waals surface area contributed by atoms with Crippen molar-refractivity contribution in [3.05, 3.63) is 35.9 Å². The molecule has 114 valence electrons. The molecule has 1 aromatic rings. The molecule has 21 heavy (non-hydrogen) atoms. The van der Waals surface area contributed by atoms with Crippen LogP contribution >= 0.6 is 0 Å². The van der Waals surface area contributed by atoms with Crippen LogP contribution < -0.4 is 5.32 Å². The molecule has 0 saturated carbocycles. The van der Waals surface area contributed by atoms with Crippen LogP contribution in [0.5, 0.6) is 0 Å². The molecule has 0 aliphatic carbocycles. The third-order valence-electron chi connectivity index (χ3n) is 3.01. The van der Waals surface area contributed by atoms with Crippen molar-refractivity contribution in [2.75, 3.05) is 27.2 Å². The summed E-state index contributed by atoms with van der Waals surface area (Å²) in [7, 11) is 2.89. The van der Waals surface area contributed by atoms with E-state index in [1.807, 2.05) is 6.07 Å². The van der Waals surface area contributed by atoms with Crippen LogP contribution in [0.4, 0.5) is 0 Å². The van der Waals surface area contributed by atoms with Gasteiger partial charge in [0.15, 0.2) is 0 Å². The van der Waals surface area contributed by atoms with E-state index < -0.39 is 5.92 Å². The number of carbonyl (C=O) groups is 3. The van der Waals surface area contributed by atoms with E-state index in [4.69, 9.17) is 0 Å². The predicted molar refractivity (Wildman–Crippen MR) is 77.6 cm³/mol. The molecule has 0 radical (unpaired) electrons. The number of likely N-dealkylation sites (N-methyl/N-ethyl adjacent to an activating group) is 1. The van der Waals surface area contributed by atoms with E-state index in [0.717, 1.165) is 0 Å². The van der Waals surface area contributed by atoms with Gasteiger partial charge in [0.05, 0.1) is 19.6 Å². The number of methoxy groups -OCH3 is 1. The van der Waals surface area contributed by atoms with Gasteiger partial charge >= 0.3 is 5.97 Å². The second-order valence-corrected chi connectivity index (χ2v) is 4.75. The number of esters is 1. The lowest BCUT2D eigenvalue weighted by Gasteiger charge is -2.20. The highest BCUT2D eigenvalue weighted by molar-refractivity contribution is 5.96. The Morgan fingerprint density at radius 1 is 1.24 bits per heavy atom. The smallest absolute Gasteiger partial charge is 0.310 e. The third kappa shape index (κ3) is 5.25. The van der Waals surface area contributed by atoms with Gasteiger partial charge in [0.1, 0.15) is 0 Å². The number of nitrogens with zero attached hydrogens (tertiary/aromatic N) is 1. The van der Waals surface area contributed by atoms with Crippen LogP contribution in [0.2, 0.25) is 0 Å². The molecule has 1 unspecified atom stereocenters. The quantitative estimate of drug-likeness (QED) is 0.783. The summed E-state index contributed by atoms with van der Waals surface area (Å²) in [5.74, 6) is -1.36. The molecule has 1 aromatic carbocycles. The van der Waals surface area contributed by atoms with Crippen LogP contribution in [0, 0.1) is 5.92 Å². The Kier molecular flexibility index (Phi) is 6.39. The first-order valence-electron chi connectivity index (χ1n) is 6.60. The standard InChI is InChI=1S/C15H20N2O4/c1-11(15(20)21-3)10-17(2)13(18)9-16-14(19)12-7-5-4-6-8-12/h4-8,11H,9-10H2,1-3H3,(H,16,19). The number of ether oxygens (including phenoxy) is 1. The van der Waals surface area contributed by atoms with Crippen LogP contribution in [-0.4, -0.2) is 49.9 Å². The topological polar surface area (TPSA) is 75.7 Å². The van der Waals surface area contributed by atoms with Crippen LogP contribution in [0.1, 0.15) is 17.3 Å². The van der Waals surface area contributed by atoms with Gasteiger partial charge in [0.25, 0.3) is 5.91 Å². The molecular weight excluding hydrogens is 272 g/mol. The summed E-state index contributed by atoms with van der Waals surface area (Å²) in [5, 5.41) is 2.55. The van der Waals surface area contributed by atoms with Gasteiger partial charge in [-0.3, -0.25) is 14.4 Å². The first-order chi connectivity index (χ1) is 9.95. The van der Waals surface area contributed by atoms with Gasteiger partial charge in [-0.15, -0.1) is 0 Å². The van der Waals surface area contributed by atoms with Gasteiger partial charge in [-0.05, 0) is 12.1 Å². The van der Waals surface area contributed by atoms with E-state index in [1.54, 1.807) is 38.2 Å². The Morgan fingerprint density at radius 2 is 1.86 bits per heavy atom. The molecule has 0 heterocycles. The van der Waals surface area contributed by atoms with Crippen molar-refractivity contribution in [1.29, 1.82) is 0 Å². The lowest BCUT2D eigenvalue weighted by Crippen LogP contribution is -2.41. The number of rotatable bonds is 6. The Morgan fingerprint density at radius 3 is 2.43 bits per heavy atom. The average molecular weight is 292 g/mol. The minimum absolute atomic E-state index is 0.113. The van der Waals surface area contributed by atoms with E-state index in [1.165, 1.54) is 12.0 Å². The molecule has 0 fully saturated rings. The summed E-state index contributed by atoms with van der Waals surface area (Å²) in [6.07, 6.45) is 0. The summed E-state index contributed by atoms with van der Waals surface area (Å²) in [5.41, 5.74) is 0.496. The molecule has 6 heteroatoms. The van der Waals surface area contributed by atoms with Crippen LogP contribution in [-0.2, 0) is 14.3 Å². The van der Waals surface area contributed by atoms with Crippen molar-refractivity contribution < 1.29 is 19.1 Å².